The molecule has 0 fully saturated rings. The lowest BCUT2D eigenvalue weighted by atomic mass is 10.1. The van der Waals surface area contributed by atoms with Gasteiger partial charge in [0, 0.05) is 22.0 Å². The van der Waals surface area contributed by atoms with Crippen molar-refractivity contribution in [1.82, 2.24) is 0 Å². The van der Waals surface area contributed by atoms with Crippen LogP contribution < -0.4 is 14.8 Å². The summed E-state index contributed by atoms with van der Waals surface area (Å²) in [6.45, 7) is 0.471. The summed E-state index contributed by atoms with van der Waals surface area (Å²) in [7, 11) is 1.65. The van der Waals surface area contributed by atoms with E-state index in [2.05, 4.69) is 0 Å². The normalized spacial score (nSPS) is 11.5. The van der Waals surface area contributed by atoms with Crippen LogP contribution in [0.4, 0.5) is 5.69 Å². The van der Waals surface area contributed by atoms with E-state index in [1.165, 1.54) is 0 Å². The molecule has 0 aliphatic heterocycles. The molecule has 0 atom stereocenters. The molecule has 34 heavy (non-hydrogen) atoms. The van der Waals surface area contributed by atoms with E-state index in [0.29, 0.717) is 11.6 Å². The van der Waals surface area contributed by atoms with Crippen molar-refractivity contribution in [3.8, 4) is 22.8 Å². The van der Waals surface area contributed by atoms with Crippen molar-refractivity contribution < 1.29 is 13.9 Å². The van der Waals surface area contributed by atoms with Crippen LogP contribution in [0, 0.1) is 0 Å². The first-order valence-electron chi connectivity index (χ1n) is 10.9. The van der Waals surface area contributed by atoms with Gasteiger partial charge in [0.1, 0.15) is 29.4 Å². The average Bonchev–Trinajstić information content (AvgIpc) is 2.89. The van der Waals surface area contributed by atoms with Crippen LogP contribution in [0.15, 0.2) is 113 Å². The molecule has 0 radical (unpaired) electrons. The van der Waals surface area contributed by atoms with Crippen LogP contribution in [0.3, 0.4) is 0 Å². The SMILES string of the molecule is COc1ccc2oc(-c3ccccc3)cc(=Nc3ccc(OCc4ccc(Cl)cc4)cc3)c2c1. The van der Waals surface area contributed by atoms with Crippen molar-refractivity contribution in [2.24, 2.45) is 4.99 Å². The third-order valence-corrected chi connectivity index (χ3v) is 5.67. The molecule has 5 heteroatoms. The zero-order valence-electron chi connectivity index (χ0n) is 18.6. The standard InChI is InChI=1S/C29H22ClNO3/c1-32-25-15-16-28-26(17-25)27(18-29(34-28)21-5-3-2-4-6-21)31-23-11-13-24(14-12-23)33-19-20-7-9-22(30)10-8-20/h2-18H,19H2,1H3. The fourth-order valence-electron chi connectivity index (χ4n) is 3.62. The second-order valence-corrected chi connectivity index (χ2v) is 8.18. The molecule has 0 unspecified atom stereocenters. The summed E-state index contributed by atoms with van der Waals surface area (Å²) >= 11 is 5.95. The molecule has 1 heterocycles. The average molecular weight is 468 g/mol. The molecule has 5 rings (SSSR count). The van der Waals surface area contributed by atoms with E-state index < -0.39 is 0 Å². The first-order valence-corrected chi connectivity index (χ1v) is 11.2. The molecule has 0 amide bonds. The van der Waals surface area contributed by atoms with E-state index in [1.54, 1.807) is 7.11 Å². The third-order valence-electron chi connectivity index (χ3n) is 5.41. The first kappa shape index (κ1) is 21.8. The summed E-state index contributed by atoms with van der Waals surface area (Å²) in [4.78, 5) is 4.91. The van der Waals surface area contributed by atoms with Crippen molar-refractivity contribution in [1.29, 1.82) is 0 Å². The van der Waals surface area contributed by atoms with Crippen LogP contribution in [-0.2, 0) is 6.61 Å². The number of benzene rings is 4. The monoisotopic (exact) mass is 467 g/mol. The van der Waals surface area contributed by atoms with Gasteiger partial charge in [-0.15, -0.1) is 0 Å². The summed E-state index contributed by atoms with van der Waals surface area (Å²) in [5.74, 6) is 2.27. The van der Waals surface area contributed by atoms with Crippen molar-refractivity contribution >= 4 is 28.3 Å². The quantitative estimate of drug-likeness (QED) is 0.258. The largest absolute Gasteiger partial charge is 0.497 e. The molecule has 0 aliphatic carbocycles. The van der Waals surface area contributed by atoms with Crippen LogP contribution >= 0.6 is 11.6 Å². The molecular weight excluding hydrogens is 446 g/mol. The molecule has 0 aliphatic rings. The minimum Gasteiger partial charge on any atom is -0.497 e. The minimum absolute atomic E-state index is 0.471. The maximum absolute atomic E-state index is 6.18. The molecule has 0 bridgehead atoms. The Balaban J connectivity index is 1.48. The Bertz CT molecular complexity index is 1470. The summed E-state index contributed by atoms with van der Waals surface area (Å²) in [5, 5.41) is 2.39. The topological polar surface area (TPSA) is 44.0 Å². The van der Waals surface area contributed by atoms with Crippen LogP contribution in [0.5, 0.6) is 11.5 Å². The number of rotatable bonds is 6. The molecule has 0 spiro atoms. The summed E-state index contributed by atoms with van der Waals surface area (Å²) in [5.41, 5.74) is 3.60. The summed E-state index contributed by atoms with van der Waals surface area (Å²) in [6, 6.07) is 33.0. The number of nitrogens with zero attached hydrogens (tertiary/aromatic N) is 1. The molecule has 0 N–H and O–H groups in total. The van der Waals surface area contributed by atoms with E-state index >= 15 is 0 Å². The fraction of sp³-hybridized carbons (Fsp3) is 0.0690. The van der Waals surface area contributed by atoms with Gasteiger partial charge in [-0.25, -0.2) is 4.99 Å². The van der Waals surface area contributed by atoms with Gasteiger partial charge in [-0.05, 0) is 60.2 Å². The van der Waals surface area contributed by atoms with Crippen LogP contribution in [0.2, 0.25) is 5.02 Å². The highest BCUT2D eigenvalue weighted by Crippen LogP contribution is 2.26. The Kier molecular flexibility index (Phi) is 6.32. The van der Waals surface area contributed by atoms with Gasteiger partial charge in [-0.1, -0.05) is 54.1 Å². The van der Waals surface area contributed by atoms with Gasteiger partial charge in [-0.3, -0.25) is 0 Å². The van der Waals surface area contributed by atoms with Gasteiger partial charge in [-0.2, -0.15) is 0 Å². The Morgan fingerprint density at radius 2 is 1.53 bits per heavy atom. The predicted octanol–water partition coefficient (Wildman–Crippen LogP) is 7.57. The van der Waals surface area contributed by atoms with Gasteiger partial charge in [0.2, 0.25) is 0 Å². The summed E-state index contributed by atoms with van der Waals surface area (Å²) < 4.78 is 17.5. The van der Waals surface area contributed by atoms with Gasteiger partial charge in [0.05, 0.1) is 18.2 Å². The van der Waals surface area contributed by atoms with Crippen molar-refractivity contribution in [2.45, 2.75) is 6.61 Å². The lowest BCUT2D eigenvalue weighted by Gasteiger charge is -2.08. The van der Waals surface area contributed by atoms with Gasteiger partial charge in [0.25, 0.3) is 0 Å². The number of ether oxygens (including phenoxy) is 2. The van der Waals surface area contributed by atoms with Crippen molar-refractivity contribution in [2.75, 3.05) is 7.11 Å². The van der Waals surface area contributed by atoms with Crippen LogP contribution in [0.25, 0.3) is 22.3 Å². The number of hydrogen-bond donors (Lipinski definition) is 0. The highest BCUT2D eigenvalue weighted by atomic mass is 35.5. The molecule has 0 saturated carbocycles. The van der Waals surface area contributed by atoms with Gasteiger partial charge < -0.3 is 13.9 Å². The number of fused-ring (bicyclic) bond motifs is 1. The molecular formula is C29H22ClNO3. The van der Waals surface area contributed by atoms with Gasteiger partial charge in [0.15, 0.2) is 0 Å². The van der Waals surface area contributed by atoms with E-state index in [0.717, 1.165) is 50.4 Å². The Morgan fingerprint density at radius 1 is 0.794 bits per heavy atom. The zero-order chi connectivity index (χ0) is 23.3. The third kappa shape index (κ3) is 4.98. The lowest BCUT2D eigenvalue weighted by molar-refractivity contribution is 0.306. The van der Waals surface area contributed by atoms with E-state index in [9.17, 15) is 0 Å². The van der Waals surface area contributed by atoms with E-state index in [4.69, 9.17) is 30.5 Å². The molecule has 4 nitrogen and oxygen atoms in total. The van der Waals surface area contributed by atoms with Crippen LogP contribution in [-0.4, -0.2) is 7.11 Å². The Hall–Kier alpha value is -4.02. The highest BCUT2D eigenvalue weighted by molar-refractivity contribution is 6.30. The number of hydrogen-bond acceptors (Lipinski definition) is 4. The molecule has 168 valence electrons. The number of halogens is 1. The van der Waals surface area contributed by atoms with Gasteiger partial charge >= 0.3 is 0 Å². The van der Waals surface area contributed by atoms with Crippen LogP contribution in [0.1, 0.15) is 5.56 Å². The second-order valence-electron chi connectivity index (χ2n) is 7.74. The molecule has 0 saturated heterocycles. The maximum atomic E-state index is 6.18. The fourth-order valence-corrected chi connectivity index (χ4v) is 3.74. The van der Waals surface area contributed by atoms with Crippen molar-refractivity contribution in [3.05, 3.63) is 119 Å². The molecule has 1 aromatic heterocycles. The Morgan fingerprint density at radius 3 is 2.26 bits per heavy atom. The van der Waals surface area contributed by atoms with E-state index in [-0.39, 0.29) is 0 Å². The molecule has 4 aromatic carbocycles. The Labute approximate surface area is 202 Å². The van der Waals surface area contributed by atoms with E-state index in [1.807, 2.05) is 103 Å². The predicted molar refractivity (Wildman–Crippen MR) is 136 cm³/mol. The molecule has 5 aromatic rings. The first-order chi connectivity index (χ1) is 16.7. The highest BCUT2D eigenvalue weighted by Gasteiger charge is 2.08. The number of methoxy groups -OCH3 is 1. The second kappa shape index (κ2) is 9.86. The zero-order valence-corrected chi connectivity index (χ0v) is 19.3. The minimum atomic E-state index is 0.471. The smallest absolute Gasteiger partial charge is 0.137 e. The lowest BCUT2D eigenvalue weighted by Crippen LogP contribution is -2.03. The maximum Gasteiger partial charge on any atom is 0.137 e. The van der Waals surface area contributed by atoms with Crippen molar-refractivity contribution in [3.63, 3.8) is 0 Å². The summed E-state index contributed by atoms with van der Waals surface area (Å²) in [6.07, 6.45) is 0.